The van der Waals surface area contributed by atoms with Crippen molar-refractivity contribution in [3.8, 4) is 0 Å². The Bertz CT molecular complexity index is 738. The number of fused-ring (bicyclic) bond motifs is 1. The van der Waals surface area contributed by atoms with E-state index in [1.165, 1.54) is 16.3 Å². The summed E-state index contributed by atoms with van der Waals surface area (Å²) in [5.74, 6) is -0.892. The topological polar surface area (TPSA) is 42.2 Å². The van der Waals surface area contributed by atoms with Crippen molar-refractivity contribution in [2.24, 2.45) is 0 Å². The molecule has 0 spiro atoms. The fraction of sp³-hybridized carbons (Fsp3) is 0.0625. The van der Waals surface area contributed by atoms with Gasteiger partial charge in [0, 0.05) is 18.9 Å². The number of rotatable bonds is 3. The molecule has 3 aromatic rings. The Labute approximate surface area is 110 Å². The van der Waals surface area contributed by atoms with Gasteiger partial charge in [0.25, 0.3) is 0 Å². The van der Waals surface area contributed by atoms with Crippen molar-refractivity contribution in [3.05, 3.63) is 72.1 Å². The van der Waals surface area contributed by atoms with Crippen molar-refractivity contribution in [2.75, 3.05) is 0 Å². The number of carboxylic acid groups (broad SMARTS) is 1. The lowest BCUT2D eigenvalue weighted by atomic mass is 10.0. The molecule has 3 heteroatoms. The molecule has 0 aliphatic heterocycles. The zero-order valence-corrected chi connectivity index (χ0v) is 10.3. The van der Waals surface area contributed by atoms with Gasteiger partial charge >= 0.3 is 5.97 Å². The van der Waals surface area contributed by atoms with Gasteiger partial charge in [0.05, 0.1) is 5.56 Å². The van der Waals surface area contributed by atoms with Gasteiger partial charge in [-0.15, -0.1) is 0 Å². The summed E-state index contributed by atoms with van der Waals surface area (Å²) in [6, 6.07) is 16.0. The summed E-state index contributed by atoms with van der Waals surface area (Å²) < 4.78 is 1.89. The average molecular weight is 251 g/mol. The van der Waals surface area contributed by atoms with Crippen LogP contribution in [0.1, 0.15) is 15.9 Å². The first-order valence-corrected chi connectivity index (χ1v) is 6.10. The SMILES string of the molecule is O=C(O)c1ccn(Cc2cccc3ccccc23)c1. The van der Waals surface area contributed by atoms with Gasteiger partial charge in [0.15, 0.2) is 0 Å². The second-order valence-electron chi connectivity index (χ2n) is 4.52. The van der Waals surface area contributed by atoms with E-state index in [9.17, 15) is 4.79 Å². The lowest BCUT2D eigenvalue weighted by Gasteiger charge is -2.07. The molecule has 3 nitrogen and oxygen atoms in total. The lowest BCUT2D eigenvalue weighted by Crippen LogP contribution is -1.98. The van der Waals surface area contributed by atoms with E-state index in [0.717, 1.165) is 0 Å². The van der Waals surface area contributed by atoms with Gasteiger partial charge in [-0.05, 0) is 22.4 Å². The van der Waals surface area contributed by atoms with E-state index in [0.29, 0.717) is 12.1 Å². The van der Waals surface area contributed by atoms with Crippen molar-refractivity contribution in [2.45, 2.75) is 6.54 Å². The maximum atomic E-state index is 10.9. The summed E-state index contributed by atoms with van der Waals surface area (Å²) >= 11 is 0. The smallest absolute Gasteiger partial charge is 0.337 e. The van der Waals surface area contributed by atoms with E-state index in [1.807, 2.05) is 22.8 Å². The molecule has 2 aromatic carbocycles. The molecule has 1 heterocycles. The van der Waals surface area contributed by atoms with Crippen LogP contribution in [0.4, 0.5) is 0 Å². The number of hydrogen-bond acceptors (Lipinski definition) is 1. The van der Waals surface area contributed by atoms with E-state index in [1.54, 1.807) is 18.5 Å². The molecule has 0 unspecified atom stereocenters. The summed E-state index contributed by atoms with van der Waals surface area (Å²) in [7, 11) is 0. The molecule has 19 heavy (non-hydrogen) atoms. The minimum atomic E-state index is -0.892. The van der Waals surface area contributed by atoms with Crippen molar-refractivity contribution in [3.63, 3.8) is 0 Å². The molecule has 1 N–H and O–H groups in total. The number of aromatic carboxylic acids is 1. The molecule has 3 rings (SSSR count). The molecule has 0 atom stereocenters. The normalized spacial score (nSPS) is 10.7. The number of hydrogen-bond donors (Lipinski definition) is 1. The molecule has 0 bridgehead atoms. The number of benzene rings is 2. The highest BCUT2D eigenvalue weighted by atomic mass is 16.4. The zero-order valence-electron chi connectivity index (χ0n) is 10.3. The van der Waals surface area contributed by atoms with Crippen LogP contribution in [0.2, 0.25) is 0 Å². The fourth-order valence-electron chi connectivity index (χ4n) is 2.29. The predicted molar refractivity (Wildman–Crippen MR) is 74.4 cm³/mol. The van der Waals surface area contributed by atoms with Crippen LogP contribution < -0.4 is 0 Å². The van der Waals surface area contributed by atoms with Gasteiger partial charge in [-0.2, -0.15) is 0 Å². The quantitative estimate of drug-likeness (QED) is 0.775. The van der Waals surface area contributed by atoms with E-state index >= 15 is 0 Å². The van der Waals surface area contributed by atoms with Gasteiger partial charge in [-0.1, -0.05) is 42.5 Å². The molecular weight excluding hydrogens is 238 g/mol. The Kier molecular flexibility index (Phi) is 2.80. The third-order valence-corrected chi connectivity index (χ3v) is 3.23. The van der Waals surface area contributed by atoms with Crippen molar-refractivity contribution < 1.29 is 9.90 Å². The zero-order chi connectivity index (χ0) is 13.2. The second kappa shape index (κ2) is 4.61. The predicted octanol–water partition coefficient (Wildman–Crippen LogP) is 3.39. The van der Waals surface area contributed by atoms with Crippen LogP contribution in [-0.2, 0) is 6.54 Å². The van der Waals surface area contributed by atoms with E-state index in [-0.39, 0.29) is 0 Å². The van der Waals surface area contributed by atoms with Gasteiger partial charge in [0.2, 0.25) is 0 Å². The average Bonchev–Trinajstić information content (AvgIpc) is 2.88. The summed E-state index contributed by atoms with van der Waals surface area (Å²) in [5, 5.41) is 11.3. The molecule has 0 amide bonds. The molecular formula is C16H13NO2. The lowest BCUT2D eigenvalue weighted by molar-refractivity contribution is 0.0697. The third kappa shape index (κ3) is 2.22. The van der Waals surface area contributed by atoms with Crippen molar-refractivity contribution >= 4 is 16.7 Å². The van der Waals surface area contributed by atoms with Gasteiger partial charge in [-0.3, -0.25) is 0 Å². The summed E-state index contributed by atoms with van der Waals surface area (Å²) in [6.45, 7) is 0.675. The molecule has 0 aliphatic carbocycles. The van der Waals surface area contributed by atoms with E-state index in [4.69, 9.17) is 5.11 Å². The van der Waals surface area contributed by atoms with Crippen molar-refractivity contribution in [1.82, 2.24) is 4.57 Å². The standard InChI is InChI=1S/C16H13NO2/c18-16(19)14-8-9-17(11-14)10-13-6-3-5-12-4-1-2-7-15(12)13/h1-9,11H,10H2,(H,18,19). The Balaban J connectivity index is 1.98. The first-order chi connectivity index (χ1) is 9.24. The Morgan fingerprint density at radius 2 is 1.84 bits per heavy atom. The summed E-state index contributed by atoms with van der Waals surface area (Å²) in [4.78, 5) is 10.9. The number of carboxylic acids is 1. The highest BCUT2D eigenvalue weighted by Gasteiger charge is 2.06. The van der Waals surface area contributed by atoms with Crippen LogP contribution in [0, 0.1) is 0 Å². The first-order valence-electron chi connectivity index (χ1n) is 6.10. The van der Waals surface area contributed by atoms with E-state index in [2.05, 4.69) is 24.3 Å². The van der Waals surface area contributed by atoms with Crippen LogP contribution in [0.15, 0.2) is 60.9 Å². The van der Waals surface area contributed by atoms with Crippen LogP contribution in [0.25, 0.3) is 10.8 Å². The molecule has 0 radical (unpaired) electrons. The monoisotopic (exact) mass is 251 g/mol. The molecule has 0 fully saturated rings. The van der Waals surface area contributed by atoms with Crippen LogP contribution >= 0.6 is 0 Å². The largest absolute Gasteiger partial charge is 0.478 e. The minimum absolute atomic E-state index is 0.320. The van der Waals surface area contributed by atoms with Gasteiger partial charge in [0.1, 0.15) is 0 Å². The summed E-state index contributed by atoms with van der Waals surface area (Å²) in [5.41, 5.74) is 1.51. The third-order valence-electron chi connectivity index (χ3n) is 3.23. The van der Waals surface area contributed by atoms with Gasteiger partial charge < -0.3 is 9.67 Å². The van der Waals surface area contributed by atoms with Gasteiger partial charge in [-0.25, -0.2) is 4.79 Å². The van der Waals surface area contributed by atoms with Crippen LogP contribution in [0.3, 0.4) is 0 Å². The molecule has 94 valence electrons. The molecule has 0 saturated heterocycles. The maximum absolute atomic E-state index is 10.9. The highest BCUT2D eigenvalue weighted by molar-refractivity contribution is 5.87. The number of nitrogens with zero attached hydrogens (tertiary/aromatic N) is 1. The first kappa shape index (κ1) is 11.5. The Morgan fingerprint density at radius 3 is 2.63 bits per heavy atom. The molecule has 0 aliphatic rings. The fourth-order valence-corrected chi connectivity index (χ4v) is 2.29. The van der Waals surface area contributed by atoms with Crippen LogP contribution in [0.5, 0.6) is 0 Å². The number of aromatic nitrogens is 1. The Morgan fingerprint density at radius 1 is 1.05 bits per heavy atom. The maximum Gasteiger partial charge on any atom is 0.337 e. The number of carbonyl (C=O) groups is 1. The van der Waals surface area contributed by atoms with Crippen molar-refractivity contribution in [1.29, 1.82) is 0 Å². The van der Waals surface area contributed by atoms with Crippen LogP contribution in [-0.4, -0.2) is 15.6 Å². The molecule has 0 saturated carbocycles. The molecule has 1 aromatic heterocycles. The second-order valence-corrected chi connectivity index (χ2v) is 4.52. The minimum Gasteiger partial charge on any atom is -0.478 e. The van der Waals surface area contributed by atoms with E-state index < -0.39 is 5.97 Å². The highest BCUT2D eigenvalue weighted by Crippen LogP contribution is 2.19. The summed E-state index contributed by atoms with van der Waals surface area (Å²) in [6.07, 6.45) is 3.45. The Hall–Kier alpha value is -2.55.